The van der Waals surface area contributed by atoms with E-state index in [1.165, 1.54) is 0 Å². The van der Waals surface area contributed by atoms with Crippen LogP contribution in [-0.2, 0) is 6.54 Å². The molecular weight excluding hydrogens is 440 g/mol. The Labute approximate surface area is 195 Å². The maximum Gasteiger partial charge on any atom is 0.268 e. The second-order valence-corrected chi connectivity index (χ2v) is 10.4. The Morgan fingerprint density at radius 3 is 2.30 bits per heavy atom. The van der Waals surface area contributed by atoms with Gasteiger partial charge in [0.1, 0.15) is 10.7 Å². The molecule has 3 aromatic heterocycles. The van der Waals surface area contributed by atoms with Gasteiger partial charge in [0.05, 0.1) is 17.6 Å². The molecule has 0 radical (unpaired) electrons. The molecule has 0 aliphatic heterocycles. The number of rotatable bonds is 7. The average molecular weight is 469 g/mol. The van der Waals surface area contributed by atoms with Gasteiger partial charge in [-0.05, 0) is 57.6 Å². The summed E-state index contributed by atoms with van der Waals surface area (Å²) in [5, 5.41) is 11.4. The monoisotopic (exact) mass is 468 g/mol. The van der Waals surface area contributed by atoms with Gasteiger partial charge in [0, 0.05) is 30.5 Å². The molecule has 1 aromatic carbocycles. The van der Waals surface area contributed by atoms with Crippen LogP contribution >= 0.6 is 10.6 Å². The van der Waals surface area contributed by atoms with Crippen LogP contribution in [-0.4, -0.2) is 46.6 Å². The Hall–Kier alpha value is -3.18. The van der Waals surface area contributed by atoms with Gasteiger partial charge in [0.15, 0.2) is 0 Å². The maximum absolute atomic E-state index is 10.3. The van der Waals surface area contributed by atoms with Crippen molar-refractivity contribution in [2.75, 3.05) is 7.05 Å². The lowest BCUT2D eigenvalue weighted by Gasteiger charge is -2.35. The van der Waals surface area contributed by atoms with Crippen LogP contribution in [0.25, 0.3) is 34.3 Å². The Bertz CT molecular complexity index is 1250. The fourth-order valence-corrected chi connectivity index (χ4v) is 4.11. The van der Waals surface area contributed by atoms with Crippen LogP contribution in [0.4, 0.5) is 0 Å². The summed E-state index contributed by atoms with van der Waals surface area (Å²) in [5.74, 6) is 0.673. The normalized spacial score (nSPS) is 12.3. The van der Waals surface area contributed by atoms with E-state index in [1.54, 1.807) is 38.4 Å². The van der Waals surface area contributed by atoms with Crippen LogP contribution in [0.1, 0.15) is 26.5 Å². The van der Waals surface area contributed by atoms with E-state index in [4.69, 9.17) is 4.42 Å². The van der Waals surface area contributed by atoms with Gasteiger partial charge < -0.3 is 9.73 Å². The summed E-state index contributed by atoms with van der Waals surface area (Å²) in [4.78, 5) is 13.3. The SMILES string of the molecule is CNCc1ccc(-c2nnc(-c3nc(-c4ccc(S(O)(O)C(C)C)nc4)cnc3C)o2)cc1.[HH]. The molecule has 0 amide bonds. The third kappa shape index (κ3) is 4.79. The summed E-state index contributed by atoms with van der Waals surface area (Å²) in [6, 6.07) is 11.2. The van der Waals surface area contributed by atoms with Gasteiger partial charge in [-0.3, -0.25) is 14.1 Å². The fourth-order valence-electron chi connectivity index (χ4n) is 3.15. The van der Waals surface area contributed by atoms with Crippen LogP contribution in [0.15, 0.2) is 58.2 Å². The molecule has 0 spiro atoms. The number of nitrogens with one attached hydrogen (secondary N) is 1. The molecule has 4 aromatic rings. The largest absolute Gasteiger partial charge is 0.415 e. The van der Waals surface area contributed by atoms with E-state index in [1.807, 2.05) is 38.2 Å². The van der Waals surface area contributed by atoms with Crippen molar-refractivity contribution in [2.24, 2.45) is 0 Å². The van der Waals surface area contributed by atoms with E-state index in [9.17, 15) is 9.11 Å². The molecule has 0 fully saturated rings. The van der Waals surface area contributed by atoms with Crippen molar-refractivity contribution in [3.63, 3.8) is 0 Å². The molecule has 0 saturated heterocycles. The summed E-state index contributed by atoms with van der Waals surface area (Å²) < 4.78 is 26.5. The highest BCUT2D eigenvalue weighted by molar-refractivity contribution is 8.24. The number of hydrogen-bond donors (Lipinski definition) is 3. The number of benzene rings is 1. The predicted molar refractivity (Wildman–Crippen MR) is 130 cm³/mol. The lowest BCUT2D eigenvalue weighted by molar-refractivity contribution is 0.472. The molecule has 0 saturated carbocycles. The number of nitrogens with zero attached hydrogens (tertiary/aromatic N) is 5. The van der Waals surface area contributed by atoms with E-state index in [-0.39, 0.29) is 17.6 Å². The minimum atomic E-state index is -2.95. The third-order valence-electron chi connectivity index (χ3n) is 5.16. The Morgan fingerprint density at radius 2 is 1.67 bits per heavy atom. The van der Waals surface area contributed by atoms with Crippen LogP contribution in [0.2, 0.25) is 0 Å². The highest BCUT2D eigenvalue weighted by Gasteiger charge is 2.22. The smallest absolute Gasteiger partial charge is 0.268 e. The van der Waals surface area contributed by atoms with Gasteiger partial charge in [-0.25, -0.2) is 9.97 Å². The zero-order valence-corrected chi connectivity index (χ0v) is 19.7. The highest BCUT2D eigenvalue weighted by Crippen LogP contribution is 2.51. The van der Waals surface area contributed by atoms with E-state index < -0.39 is 10.6 Å². The summed E-state index contributed by atoms with van der Waals surface area (Å²) >= 11 is 0. The minimum Gasteiger partial charge on any atom is -0.415 e. The summed E-state index contributed by atoms with van der Waals surface area (Å²) in [6.45, 7) is 6.10. The third-order valence-corrected chi connectivity index (χ3v) is 7.33. The Balaban J connectivity index is 0.00000324. The van der Waals surface area contributed by atoms with Gasteiger partial charge in [-0.15, -0.1) is 20.8 Å². The summed E-state index contributed by atoms with van der Waals surface area (Å²) in [6.07, 6.45) is 3.19. The lowest BCUT2D eigenvalue weighted by Crippen LogP contribution is -2.11. The fraction of sp³-hybridized carbons (Fsp3) is 0.261. The summed E-state index contributed by atoms with van der Waals surface area (Å²) in [5.41, 5.74) is 4.35. The molecule has 3 N–H and O–H groups in total. The first-order chi connectivity index (χ1) is 15.8. The number of pyridine rings is 1. The molecular formula is C23H28N6O3S. The molecule has 3 heterocycles. The van der Waals surface area contributed by atoms with Crippen molar-refractivity contribution in [2.45, 2.75) is 37.6 Å². The van der Waals surface area contributed by atoms with Gasteiger partial charge in [0.2, 0.25) is 5.89 Å². The van der Waals surface area contributed by atoms with E-state index in [0.717, 1.165) is 17.7 Å². The van der Waals surface area contributed by atoms with Gasteiger partial charge in [-0.1, -0.05) is 12.1 Å². The quantitative estimate of drug-likeness (QED) is 0.341. The van der Waals surface area contributed by atoms with Crippen molar-refractivity contribution in [3.8, 4) is 34.3 Å². The number of aromatic nitrogens is 5. The van der Waals surface area contributed by atoms with Crippen molar-refractivity contribution in [1.82, 2.24) is 30.5 Å². The number of hydrogen-bond acceptors (Lipinski definition) is 9. The maximum atomic E-state index is 10.3. The predicted octanol–water partition coefficient (Wildman–Crippen LogP) is 5.05. The molecule has 0 aliphatic rings. The van der Waals surface area contributed by atoms with Crippen molar-refractivity contribution in [1.29, 1.82) is 0 Å². The first-order valence-corrected chi connectivity index (χ1v) is 12.1. The molecule has 9 nitrogen and oxygen atoms in total. The molecule has 0 bridgehead atoms. The zero-order valence-electron chi connectivity index (χ0n) is 18.9. The van der Waals surface area contributed by atoms with Gasteiger partial charge >= 0.3 is 0 Å². The minimum absolute atomic E-state index is 0. The average Bonchev–Trinajstić information content (AvgIpc) is 3.30. The molecule has 0 atom stereocenters. The molecule has 33 heavy (non-hydrogen) atoms. The van der Waals surface area contributed by atoms with E-state index in [2.05, 4.69) is 30.5 Å². The number of aryl methyl sites for hydroxylation is 1. The van der Waals surface area contributed by atoms with Crippen molar-refractivity contribution in [3.05, 3.63) is 60.0 Å². The van der Waals surface area contributed by atoms with Crippen LogP contribution in [0, 0.1) is 6.92 Å². The van der Waals surface area contributed by atoms with E-state index in [0.29, 0.717) is 28.5 Å². The lowest BCUT2D eigenvalue weighted by atomic mass is 10.1. The van der Waals surface area contributed by atoms with E-state index >= 15 is 0 Å². The first-order valence-electron chi connectivity index (χ1n) is 10.4. The molecule has 174 valence electrons. The standard InChI is InChI=1S/C23H26N6O3S.H2/c1-14(2)33(30,31)20-10-9-18(12-26-20)19-13-25-15(3)21(27-19)23-29-28-22(32-23)17-7-5-16(6-8-17)11-24-4;/h5-10,12-14,24,30-31H,11H2,1-4H3;1H. The zero-order chi connectivity index (χ0) is 23.6. The topological polar surface area (TPSA) is 130 Å². The van der Waals surface area contributed by atoms with Crippen molar-refractivity contribution >= 4 is 10.6 Å². The van der Waals surface area contributed by atoms with Crippen molar-refractivity contribution < 1.29 is 14.9 Å². The molecule has 10 heteroatoms. The molecule has 0 aliphatic carbocycles. The molecule has 4 rings (SSSR count). The van der Waals surface area contributed by atoms with Crippen LogP contribution < -0.4 is 5.32 Å². The highest BCUT2D eigenvalue weighted by atomic mass is 32.3. The summed E-state index contributed by atoms with van der Waals surface area (Å²) in [7, 11) is -1.05. The van der Waals surface area contributed by atoms with Gasteiger partial charge in [0.25, 0.3) is 5.89 Å². The first kappa shape index (κ1) is 23.0. The van der Waals surface area contributed by atoms with Crippen LogP contribution in [0.3, 0.4) is 0 Å². The second kappa shape index (κ2) is 9.36. The Kier molecular flexibility index (Phi) is 6.52. The van der Waals surface area contributed by atoms with Gasteiger partial charge in [-0.2, -0.15) is 0 Å². The Morgan fingerprint density at radius 1 is 0.970 bits per heavy atom. The van der Waals surface area contributed by atoms with Crippen LogP contribution in [0.5, 0.6) is 0 Å². The second-order valence-electron chi connectivity index (χ2n) is 7.86. The molecule has 0 unspecified atom stereocenters.